The quantitative estimate of drug-likeness (QED) is 0.375. The van der Waals surface area contributed by atoms with Crippen LogP contribution >= 0.6 is 15.9 Å². The van der Waals surface area contributed by atoms with Gasteiger partial charge in [0.1, 0.15) is 12.7 Å². The van der Waals surface area contributed by atoms with Gasteiger partial charge in [-0.05, 0) is 18.2 Å². The van der Waals surface area contributed by atoms with Crippen molar-refractivity contribution >= 4 is 45.8 Å². The van der Waals surface area contributed by atoms with Gasteiger partial charge in [0.2, 0.25) is 12.4 Å². The number of ether oxygens (including phenoxy) is 6. The zero-order valence-corrected chi connectivity index (χ0v) is 19.9. The fourth-order valence-corrected chi connectivity index (χ4v) is 3.47. The molecule has 1 heterocycles. The van der Waals surface area contributed by atoms with Gasteiger partial charge in [-0.15, -0.1) is 0 Å². The first-order valence-electron chi connectivity index (χ1n) is 9.75. The molecule has 0 unspecified atom stereocenters. The van der Waals surface area contributed by atoms with Crippen LogP contribution in [0.25, 0.3) is 0 Å². The van der Waals surface area contributed by atoms with E-state index in [0.717, 1.165) is 27.7 Å². The lowest BCUT2D eigenvalue weighted by atomic mass is 9.98. The highest BCUT2D eigenvalue weighted by Gasteiger charge is 2.53. The van der Waals surface area contributed by atoms with Gasteiger partial charge in [-0.2, -0.15) is 0 Å². The van der Waals surface area contributed by atoms with Crippen LogP contribution < -0.4 is 0 Å². The van der Waals surface area contributed by atoms with E-state index in [0.29, 0.717) is 4.47 Å². The minimum Gasteiger partial charge on any atom is -0.463 e. The van der Waals surface area contributed by atoms with Gasteiger partial charge in [0, 0.05) is 32.2 Å². The number of benzene rings is 1. The van der Waals surface area contributed by atoms with Crippen LogP contribution in [-0.4, -0.2) is 67.2 Å². The molecule has 0 bridgehead atoms. The average Bonchev–Trinajstić information content (AvgIpc) is 2.69. The third-order valence-electron chi connectivity index (χ3n) is 4.23. The van der Waals surface area contributed by atoms with E-state index in [1.807, 2.05) is 0 Å². The van der Waals surface area contributed by atoms with Gasteiger partial charge in [-0.3, -0.25) is 19.2 Å². The second kappa shape index (κ2) is 11.8. The molecule has 0 amide bonds. The Morgan fingerprint density at radius 2 is 1.39 bits per heavy atom. The molecule has 12 heteroatoms. The molecule has 1 aromatic carbocycles. The Labute approximate surface area is 197 Å². The van der Waals surface area contributed by atoms with Gasteiger partial charge in [0.05, 0.1) is 5.56 Å². The number of esters is 5. The van der Waals surface area contributed by atoms with Gasteiger partial charge in [0.25, 0.3) is 0 Å². The summed E-state index contributed by atoms with van der Waals surface area (Å²) in [4.78, 5) is 59.3. The summed E-state index contributed by atoms with van der Waals surface area (Å²) in [5.74, 6) is -3.85. The number of carbonyl (C=O) groups excluding carboxylic acids is 5. The highest BCUT2D eigenvalue weighted by molar-refractivity contribution is 9.10. The molecule has 0 aromatic heterocycles. The topological polar surface area (TPSA) is 141 Å². The maximum atomic E-state index is 12.7. The molecule has 1 aromatic rings. The monoisotopic (exact) mass is 530 g/mol. The summed E-state index contributed by atoms with van der Waals surface area (Å²) < 4.78 is 32.5. The van der Waals surface area contributed by atoms with E-state index < -0.39 is 67.2 Å². The van der Waals surface area contributed by atoms with Crippen molar-refractivity contribution in [2.24, 2.45) is 0 Å². The summed E-state index contributed by atoms with van der Waals surface area (Å²) in [5.41, 5.74) is 0.150. The SMILES string of the molecule is CC(=O)OC[C@H]1O[C@@H](OC(=O)c2cccc(Br)c2)[C@H](OC(C)=O)[C@@H](OC(C)=O)[C@H]1OC(C)=O. The van der Waals surface area contributed by atoms with E-state index in [1.165, 1.54) is 12.1 Å². The standard InChI is InChI=1S/C21H23BrO11/c1-10(23)28-9-16-17(29-11(2)24)18(30-12(3)25)19(31-13(4)26)21(32-16)33-20(27)14-6-5-7-15(22)8-14/h5-8,16-19,21H,9H2,1-4H3/t16-,17+,18+,19-,21+/m1/s1. The van der Waals surface area contributed by atoms with Gasteiger partial charge in [-0.25, -0.2) is 4.79 Å². The highest BCUT2D eigenvalue weighted by atomic mass is 79.9. The van der Waals surface area contributed by atoms with E-state index in [2.05, 4.69) is 15.9 Å². The van der Waals surface area contributed by atoms with Crippen molar-refractivity contribution in [3.63, 3.8) is 0 Å². The Morgan fingerprint density at radius 1 is 0.818 bits per heavy atom. The van der Waals surface area contributed by atoms with E-state index in [-0.39, 0.29) is 5.56 Å². The fraction of sp³-hybridized carbons (Fsp3) is 0.476. The molecule has 1 fully saturated rings. The first-order valence-corrected chi connectivity index (χ1v) is 10.5. The van der Waals surface area contributed by atoms with Crippen molar-refractivity contribution in [3.05, 3.63) is 34.3 Å². The summed E-state index contributed by atoms with van der Waals surface area (Å²) in [7, 11) is 0. The molecule has 0 aliphatic carbocycles. The summed E-state index contributed by atoms with van der Waals surface area (Å²) >= 11 is 3.25. The molecule has 0 N–H and O–H groups in total. The number of hydrogen-bond acceptors (Lipinski definition) is 11. The van der Waals surface area contributed by atoms with Crippen LogP contribution in [0.1, 0.15) is 38.1 Å². The molecule has 0 spiro atoms. The minimum absolute atomic E-state index is 0.150. The Hall–Kier alpha value is -2.99. The van der Waals surface area contributed by atoms with Gasteiger partial charge in [-0.1, -0.05) is 22.0 Å². The van der Waals surface area contributed by atoms with Crippen LogP contribution in [0, 0.1) is 0 Å². The third-order valence-corrected chi connectivity index (χ3v) is 4.72. The zero-order valence-electron chi connectivity index (χ0n) is 18.3. The van der Waals surface area contributed by atoms with Gasteiger partial charge >= 0.3 is 29.8 Å². The van der Waals surface area contributed by atoms with Crippen LogP contribution in [0.4, 0.5) is 0 Å². The van der Waals surface area contributed by atoms with E-state index in [9.17, 15) is 24.0 Å². The maximum Gasteiger partial charge on any atom is 0.340 e. The van der Waals surface area contributed by atoms with Crippen LogP contribution in [0.2, 0.25) is 0 Å². The lowest BCUT2D eigenvalue weighted by Crippen LogP contribution is -2.63. The smallest absolute Gasteiger partial charge is 0.340 e. The van der Waals surface area contributed by atoms with Gasteiger partial charge < -0.3 is 28.4 Å². The van der Waals surface area contributed by atoms with Crippen LogP contribution in [0.5, 0.6) is 0 Å². The predicted molar refractivity (Wildman–Crippen MR) is 112 cm³/mol. The number of hydrogen-bond donors (Lipinski definition) is 0. The fourth-order valence-electron chi connectivity index (χ4n) is 3.07. The lowest BCUT2D eigenvalue weighted by molar-refractivity contribution is -0.294. The second-order valence-electron chi connectivity index (χ2n) is 6.98. The molecule has 0 radical (unpaired) electrons. The molecule has 5 atom stereocenters. The van der Waals surface area contributed by atoms with Crippen LogP contribution in [0.3, 0.4) is 0 Å². The van der Waals surface area contributed by atoms with Crippen molar-refractivity contribution in [2.75, 3.05) is 6.61 Å². The molecule has 33 heavy (non-hydrogen) atoms. The predicted octanol–water partition coefficient (Wildman–Crippen LogP) is 1.69. The van der Waals surface area contributed by atoms with Gasteiger partial charge in [0.15, 0.2) is 12.2 Å². The Bertz CT molecular complexity index is 915. The Morgan fingerprint density at radius 3 is 1.94 bits per heavy atom. The summed E-state index contributed by atoms with van der Waals surface area (Å²) in [5, 5.41) is 0. The van der Waals surface area contributed by atoms with E-state index >= 15 is 0 Å². The van der Waals surface area contributed by atoms with Crippen molar-refractivity contribution in [1.82, 2.24) is 0 Å². The first-order chi connectivity index (χ1) is 15.5. The number of rotatable bonds is 7. The molecule has 1 aliphatic heterocycles. The number of carbonyl (C=O) groups is 5. The lowest BCUT2D eigenvalue weighted by Gasteiger charge is -2.43. The largest absolute Gasteiger partial charge is 0.463 e. The molecule has 0 saturated carbocycles. The highest BCUT2D eigenvalue weighted by Crippen LogP contribution is 2.30. The summed E-state index contributed by atoms with van der Waals surface area (Å²) in [6.07, 6.45) is -7.05. The van der Waals surface area contributed by atoms with E-state index in [4.69, 9.17) is 28.4 Å². The Balaban J connectivity index is 2.43. The summed E-state index contributed by atoms with van der Waals surface area (Å²) in [6, 6.07) is 6.28. The second-order valence-corrected chi connectivity index (χ2v) is 7.90. The van der Waals surface area contributed by atoms with Crippen LogP contribution in [0.15, 0.2) is 28.7 Å². The zero-order chi connectivity index (χ0) is 24.7. The van der Waals surface area contributed by atoms with Crippen molar-refractivity contribution in [3.8, 4) is 0 Å². The van der Waals surface area contributed by atoms with Crippen molar-refractivity contribution in [1.29, 1.82) is 0 Å². The maximum absolute atomic E-state index is 12.7. The molecule has 1 aliphatic rings. The molecular formula is C21H23BrO11. The molecule has 11 nitrogen and oxygen atoms in total. The third kappa shape index (κ3) is 7.82. The molecule has 180 valence electrons. The normalized spacial score (nSPS) is 24.2. The minimum atomic E-state index is -1.59. The molecule has 2 rings (SSSR count). The first kappa shape index (κ1) is 26.3. The summed E-state index contributed by atoms with van der Waals surface area (Å²) in [6.45, 7) is 4.01. The van der Waals surface area contributed by atoms with Crippen LogP contribution in [-0.2, 0) is 47.6 Å². The molecule has 1 saturated heterocycles. The number of halogens is 1. The Kier molecular flexibility index (Phi) is 9.35. The van der Waals surface area contributed by atoms with E-state index in [1.54, 1.807) is 12.1 Å². The molecular weight excluding hydrogens is 508 g/mol. The van der Waals surface area contributed by atoms with Crippen molar-refractivity contribution < 1.29 is 52.4 Å². The average molecular weight is 531 g/mol. The van der Waals surface area contributed by atoms with Crippen molar-refractivity contribution in [2.45, 2.75) is 58.4 Å².